The highest BCUT2D eigenvalue weighted by Crippen LogP contribution is 2.26. The number of amides is 3. The van der Waals surface area contributed by atoms with Crippen LogP contribution in [-0.4, -0.2) is 45.8 Å². The van der Waals surface area contributed by atoms with Gasteiger partial charge in [0.25, 0.3) is 5.91 Å². The highest BCUT2D eigenvalue weighted by Gasteiger charge is 2.40. The number of nitrogens with one attached hydrogen (secondary N) is 1. The standard InChI is InChI=1S/C13H13BN2O5/c17-10-5-4-9(12(18)15-10)16-6-7-2-1-3-8(14(20)21)11(7)13(16)19/h1-3,9,20-21H,4-6H2,(H,15,17,18). The molecule has 1 fully saturated rings. The van der Waals surface area contributed by atoms with E-state index in [1.165, 1.54) is 11.0 Å². The molecule has 0 bridgehead atoms. The lowest BCUT2D eigenvalue weighted by Gasteiger charge is -2.29. The molecule has 1 atom stereocenters. The number of rotatable bonds is 2. The molecule has 108 valence electrons. The topological polar surface area (TPSA) is 107 Å². The van der Waals surface area contributed by atoms with Crippen molar-refractivity contribution in [1.82, 2.24) is 10.2 Å². The van der Waals surface area contributed by atoms with Gasteiger partial charge < -0.3 is 14.9 Å². The predicted octanol–water partition coefficient (Wildman–Crippen LogP) is -1.87. The number of piperidine rings is 1. The molecule has 2 aliphatic heterocycles. The zero-order valence-electron chi connectivity index (χ0n) is 11.1. The molecule has 0 saturated carbocycles. The third-order valence-electron chi connectivity index (χ3n) is 3.86. The first-order valence-corrected chi connectivity index (χ1v) is 6.61. The van der Waals surface area contributed by atoms with Crippen molar-refractivity contribution in [3.63, 3.8) is 0 Å². The molecule has 1 aromatic rings. The van der Waals surface area contributed by atoms with Crippen molar-refractivity contribution in [3.05, 3.63) is 29.3 Å². The summed E-state index contributed by atoms with van der Waals surface area (Å²) in [5, 5.41) is 20.9. The molecule has 3 amide bonds. The van der Waals surface area contributed by atoms with Crippen LogP contribution in [0.3, 0.4) is 0 Å². The van der Waals surface area contributed by atoms with Gasteiger partial charge in [-0.15, -0.1) is 0 Å². The van der Waals surface area contributed by atoms with Gasteiger partial charge in [-0.2, -0.15) is 0 Å². The molecule has 0 aliphatic carbocycles. The number of fused-ring (bicyclic) bond motifs is 1. The van der Waals surface area contributed by atoms with Crippen LogP contribution >= 0.6 is 0 Å². The second-order valence-corrected chi connectivity index (χ2v) is 5.15. The molecule has 2 heterocycles. The molecule has 1 unspecified atom stereocenters. The molecule has 0 radical (unpaired) electrons. The van der Waals surface area contributed by atoms with Crippen molar-refractivity contribution in [2.75, 3.05) is 0 Å². The van der Waals surface area contributed by atoms with Crippen molar-refractivity contribution in [2.24, 2.45) is 0 Å². The van der Waals surface area contributed by atoms with E-state index in [1.54, 1.807) is 12.1 Å². The van der Waals surface area contributed by atoms with E-state index in [0.717, 1.165) is 0 Å². The van der Waals surface area contributed by atoms with Crippen LogP contribution in [0.15, 0.2) is 18.2 Å². The summed E-state index contributed by atoms with van der Waals surface area (Å²) in [6.45, 7) is 0.223. The molecule has 1 aromatic carbocycles. The summed E-state index contributed by atoms with van der Waals surface area (Å²) in [7, 11) is -1.74. The second kappa shape index (κ2) is 4.98. The number of carbonyl (C=O) groups excluding carboxylic acids is 3. The molecular formula is C13H13BN2O5. The molecule has 3 rings (SSSR count). The van der Waals surface area contributed by atoms with Gasteiger partial charge in [0.1, 0.15) is 6.04 Å². The van der Waals surface area contributed by atoms with E-state index in [1.807, 2.05) is 0 Å². The SMILES string of the molecule is O=C1CCC(N2Cc3cccc(B(O)O)c3C2=O)C(=O)N1. The number of imide groups is 1. The van der Waals surface area contributed by atoms with Crippen molar-refractivity contribution in [3.8, 4) is 0 Å². The number of carbonyl (C=O) groups is 3. The van der Waals surface area contributed by atoms with E-state index in [4.69, 9.17) is 0 Å². The molecule has 1 saturated heterocycles. The third kappa shape index (κ3) is 2.22. The minimum Gasteiger partial charge on any atom is -0.423 e. The second-order valence-electron chi connectivity index (χ2n) is 5.15. The maximum absolute atomic E-state index is 12.5. The highest BCUT2D eigenvalue weighted by molar-refractivity contribution is 6.60. The van der Waals surface area contributed by atoms with Crippen LogP contribution in [-0.2, 0) is 16.1 Å². The summed E-state index contributed by atoms with van der Waals surface area (Å²) < 4.78 is 0. The number of hydrogen-bond donors (Lipinski definition) is 3. The Kier molecular flexibility index (Phi) is 3.27. The molecule has 2 aliphatic rings. The average molecular weight is 288 g/mol. The van der Waals surface area contributed by atoms with E-state index in [-0.39, 0.29) is 36.3 Å². The van der Waals surface area contributed by atoms with Gasteiger partial charge in [-0.3, -0.25) is 19.7 Å². The summed E-state index contributed by atoms with van der Waals surface area (Å²) in [5.41, 5.74) is 1.01. The van der Waals surface area contributed by atoms with Crippen molar-refractivity contribution >= 4 is 30.3 Å². The van der Waals surface area contributed by atoms with E-state index >= 15 is 0 Å². The van der Waals surface area contributed by atoms with Crippen LogP contribution in [0.25, 0.3) is 0 Å². The van der Waals surface area contributed by atoms with Crippen LogP contribution in [0.4, 0.5) is 0 Å². The zero-order valence-corrected chi connectivity index (χ0v) is 11.1. The van der Waals surface area contributed by atoms with Gasteiger partial charge in [0, 0.05) is 18.5 Å². The summed E-state index contributed by atoms with van der Waals surface area (Å²) in [5.74, 6) is -1.24. The summed E-state index contributed by atoms with van der Waals surface area (Å²) in [4.78, 5) is 36.9. The number of hydrogen-bond acceptors (Lipinski definition) is 5. The molecule has 21 heavy (non-hydrogen) atoms. The highest BCUT2D eigenvalue weighted by atomic mass is 16.4. The molecule has 7 nitrogen and oxygen atoms in total. The normalized spacial score (nSPS) is 21.3. The Labute approximate surface area is 120 Å². The van der Waals surface area contributed by atoms with Gasteiger partial charge >= 0.3 is 7.12 Å². The summed E-state index contributed by atoms with van der Waals surface area (Å²) in [6, 6.07) is 4.11. The predicted molar refractivity (Wildman–Crippen MR) is 72.3 cm³/mol. The Morgan fingerprint density at radius 1 is 1.24 bits per heavy atom. The summed E-state index contributed by atoms with van der Waals surface area (Å²) in [6.07, 6.45) is 0.466. The lowest BCUT2D eigenvalue weighted by Crippen LogP contribution is -2.52. The monoisotopic (exact) mass is 288 g/mol. The minimum atomic E-state index is -1.74. The minimum absolute atomic E-state index is 0.132. The molecule has 8 heteroatoms. The van der Waals surface area contributed by atoms with Gasteiger partial charge in [0.2, 0.25) is 11.8 Å². The fraction of sp³-hybridized carbons (Fsp3) is 0.308. The van der Waals surface area contributed by atoms with Gasteiger partial charge in [0.15, 0.2) is 0 Å². The quantitative estimate of drug-likeness (QED) is 0.436. The summed E-state index contributed by atoms with van der Waals surface area (Å²) >= 11 is 0. The largest absolute Gasteiger partial charge is 0.489 e. The van der Waals surface area contributed by atoms with Gasteiger partial charge in [-0.05, 0) is 17.4 Å². The maximum Gasteiger partial charge on any atom is 0.489 e. The molecule has 3 N–H and O–H groups in total. The molecular weight excluding hydrogens is 275 g/mol. The van der Waals surface area contributed by atoms with E-state index in [2.05, 4.69) is 5.32 Å². The van der Waals surface area contributed by atoms with E-state index in [0.29, 0.717) is 5.56 Å². The van der Waals surface area contributed by atoms with Gasteiger partial charge in [-0.25, -0.2) is 0 Å². The Balaban J connectivity index is 1.92. The van der Waals surface area contributed by atoms with Crippen LogP contribution in [0.5, 0.6) is 0 Å². The van der Waals surface area contributed by atoms with Crippen LogP contribution in [0.1, 0.15) is 28.8 Å². The molecule has 0 spiro atoms. The van der Waals surface area contributed by atoms with E-state index in [9.17, 15) is 24.4 Å². The van der Waals surface area contributed by atoms with Crippen LogP contribution in [0.2, 0.25) is 0 Å². The zero-order chi connectivity index (χ0) is 15.1. The third-order valence-corrected chi connectivity index (χ3v) is 3.86. The van der Waals surface area contributed by atoms with Crippen LogP contribution < -0.4 is 10.8 Å². The fourth-order valence-corrected chi connectivity index (χ4v) is 2.86. The maximum atomic E-state index is 12.5. The van der Waals surface area contributed by atoms with Crippen molar-refractivity contribution in [1.29, 1.82) is 0 Å². The lowest BCUT2D eigenvalue weighted by atomic mass is 9.76. The smallest absolute Gasteiger partial charge is 0.423 e. The Morgan fingerprint density at radius 2 is 2.00 bits per heavy atom. The first-order chi connectivity index (χ1) is 9.99. The Morgan fingerprint density at radius 3 is 2.67 bits per heavy atom. The van der Waals surface area contributed by atoms with Gasteiger partial charge in [0.05, 0.1) is 0 Å². The molecule has 0 aromatic heterocycles. The fourth-order valence-electron chi connectivity index (χ4n) is 2.86. The Hall–Kier alpha value is -2.19. The first-order valence-electron chi connectivity index (χ1n) is 6.61. The number of benzene rings is 1. The van der Waals surface area contributed by atoms with E-state index < -0.39 is 25.0 Å². The van der Waals surface area contributed by atoms with Crippen molar-refractivity contribution in [2.45, 2.75) is 25.4 Å². The van der Waals surface area contributed by atoms with Crippen molar-refractivity contribution < 1.29 is 24.4 Å². The average Bonchev–Trinajstić information content (AvgIpc) is 2.76. The lowest BCUT2D eigenvalue weighted by molar-refractivity contribution is -0.136. The van der Waals surface area contributed by atoms with Crippen LogP contribution in [0, 0.1) is 0 Å². The van der Waals surface area contributed by atoms with Gasteiger partial charge in [-0.1, -0.05) is 18.2 Å². The first kappa shape index (κ1) is 13.8. The number of nitrogens with zero attached hydrogens (tertiary/aromatic N) is 1. The Bertz CT molecular complexity index is 645.